The lowest BCUT2D eigenvalue weighted by atomic mass is 9.60. The molecule has 6 heteroatoms. The second-order valence-electron chi connectivity index (χ2n) is 9.35. The van der Waals surface area contributed by atoms with E-state index in [1.807, 2.05) is 33.8 Å². The van der Waals surface area contributed by atoms with Crippen molar-refractivity contribution in [2.75, 3.05) is 0 Å². The number of nitrogens with one attached hydrogen (secondary N) is 1. The Kier molecular flexibility index (Phi) is 7.39. The summed E-state index contributed by atoms with van der Waals surface area (Å²) in [5.41, 5.74) is -2.71. The molecule has 0 bridgehead atoms. The number of carboxylic acids is 1. The van der Waals surface area contributed by atoms with Gasteiger partial charge in [0.25, 0.3) is 0 Å². The van der Waals surface area contributed by atoms with Crippen molar-refractivity contribution in [2.45, 2.75) is 76.7 Å². The van der Waals surface area contributed by atoms with Crippen LogP contribution in [0.2, 0.25) is 0 Å². The van der Waals surface area contributed by atoms with Crippen LogP contribution in [-0.4, -0.2) is 34.1 Å². The van der Waals surface area contributed by atoms with Gasteiger partial charge in [0.15, 0.2) is 17.1 Å². The third-order valence-corrected chi connectivity index (χ3v) is 6.86. The van der Waals surface area contributed by atoms with E-state index in [9.17, 15) is 24.3 Å². The van der Waals surface area contributed by atoms with E-state index < -0.39 is 34.4 Å². The van der Waals surface area contributed by atoms with Crippen LogP contribution in [0.4, 0.5) is 0 Å². The van der Waals surface area contributed by atoms with Gasteiger partial charge in [0.1, 0.15) is 5.41 Å². The van der Waals surface area contributed by atoms with Crippen LogP contribution >= 0.6 is 0 Å². The number of benzene rings is 2. The maximum absolute atomic E-state index is 14.1. The first-order valence-electron chi connectivity index (χ1n) is 12.0. The van der Waals surface area contributed by atoms with Crippen molar-refractivity contribution in [1.82, 2.24) is 5.32 Å². The van der Waals surface area contributed by atoms with Gasteiger partial charge in [0, 0.05) is 17.5 Å². The molecule has 1 atom stereocenters. The number of amides is 1. The number of hydrogen-bond acceptors (Lipinski definition) is 4. The number of Topliss-reactive ketones (excluding diaryl/α,β-unsaturated/α-hetero) is 2. The third-order valence-electron chi connectivity index (χ3n) is 6.86. The highest BCUT2D eigenvalue weighted by atomic mass is 16.4. The van der Waals surface area contributed by atoms with Crippen molar-refractivity contribution < 1.29 is 24.3 Å². The fraction of sp³-hybridized carbons (Fsp3) is 0.429. The molecule has 1 aliphatic carbocycles. The Morgan fingerprint density at radius 1 is 0.971 bits per heavy atom. The predicted molar refractivity (Wildman–Crippen MR) is 130 cm³/mol. The van der Waals surface area contributed by atoms with Crippen LogP contribution in [0.3, 0.4) is 0 Å². The molecule has 2 aromatic carbocycles. The molecule has 1 unspecified atom stereocenters. The molecule has 0 fully saturated rings. The van der Waals surface area contributed by atoms with Crippen LogP contribution in [0.1, 0.15) is 97.6 Å². The summed E-state index contributed by atoms with van der Waals surface area (Å²) in [4.78, 5) is 54.5. The molecule has 0 aromatic heterocycles. The van der Waals surface area contributed by atoms with Crippen molar-refractivity contribution in [3.05, 3.63) is 70.8 Å². The SMILES string of the molecule is CCCCC(=O)NC1(C(CCC)(C(=O)O)c2cccc(C(C)C)c2)C(=O)c2ccccc2C1=O. The standard InChI is InChI=1S/C28H33NO5/c1-5-7-15-23(30)29-28(24(31)21-13-8-9-14-22(21)25(28)32)27(16-6-2,26(33)34)20-12-10-11-19(17-20)18(3)4/h8-14,17-18H,5-7,15-16H2,1-4H3,(H,29,30)(H,33,34). The van der Waals surface area contributed by atoms with E-state index in [1.54, 1.807) is 30.3 Å². The highest BCUT2D eigenvalue weighted by Gasteiger charge is 2.69. The number of carboxylic acid groups (broad SMARTS) is 1. The number of hydrogen-bond donors (Lipinski definition) is 2. The van der Waals surface area contributed by atoms with E-state index in [1.165, 1.54) is 12.1 Å². The number of unbranched alkanes of at least 4 members (excludes halogenated alkanes) is 1. The summed E-state index contributed by atoms with van der Waals surface area (Å²) in [5, 5.41) is 13.5. The zero-order valence-electron chi connectivity index (χ0n) is 20.3. The molecule has 34 heavy (non-hydrogen) atoms. The predicted octanol–water partition coefficient (Wildman–Crippen LogP) is 5.06. The highest BCUT2D eigenvalue weighted by molar-refractivity contribution is 6.36. The average molecular weight is 464 g/mol. The van der Waals surface area contributed by atoms with E-state index in [-0.39, 0.29) is 29.9 Å². The van der Waals surface area contributed by atoms with Crippen LogP contribution in [0.25, 0.3) is 0 Å². The Morgan fingerprint density at radius 2 is 1.59 bits per heavy atom. The monoisotopic (exact) mass is 463 g/mol. The molecule has 0 saturated heterocycles. The minimum atomic E-state index is -2.26. The minimum Gasteiger partial charge on any atom is -0.480 e. The van der Waals surface area contributed by atoms with Crippen LogP contribution in [0.15, 0.2) is 48.5 Å². The molecule has 0 radical (unpaired) electrons. The molecule has 2 aromatic rings. The van der Waals surface area contributed by atoms with Gasteiger partial charge in [-0.25, -0.2) is 0 Å². The Balaban J connectivity index is 2.38. The summed E-state index contributed by atoms with van der Waals surface area (Å²) >= 11 is 0. The molecular weight excluding hydrogens is 430 g/mol. The van der Waals surface area contributed by atoms with Crippen LogP contribution in [-0.2, 0) is 15.0 Å². The summed E-state index contributed by atoms with van der Waals surface area (Å²) in [6, 6.07) is 13.4. The number of carbonyl (C=O) groups is 4. The molecule has 180 valence electrons. The number of rotatable bonds is 10. The largest absolute Gasteiger partial charge is 0.480 e. The first kappa shape index (κ1) is 25.3. The molecule has 0 spiro atoms. The van der Waals surface area contributed by atoms with E-state index >= 15 is 0 Å². The van der Waals surface area contributed by atoms with Crippen LogP contribution in [0, 0.1) is 0 Å². The van der Waals surface area contributed by atoms with Gasteiger partial charge in [-0.05, 0) is 29.9 Å². The van der Waals surface area contributed by atoms with Gasteiger partial charge in [0.2, 0.25) is 5.91 Å². The zero-order valence-corrected chi connectivity index (χ0v) is 20.3. The molecule has 6 nitrogen and oxygen atoms in total. The van der Waals surface area contributed by atoms with Gasteiger partial charge >= 0.3 is 5.97 Å². The topological polar surface area (TPSA) is 101 Å². The lowest BCUT2D eigenvalue weighted by molar-refractivity contribution is -0.147. The molecule has 0 aliphatic heterocycles. The Bertz CT molecular complexity index is 1080. The van der Waals surface area contributed by atoms with Gasteiger partial charge < -0.3 is 10.4 Å². The molecule has 1 aliphatic rings. The first-order valence-corrected chi connectivity index (χ1v) is 12.0. The Morgan fingerprint density at radius 3 is 2.09 bits per heavy atom. The van der Waals surface area contributed by atoms with E-state index in [0.29, 0.717) is 18.4 Å². The molecule has 3 rings (SSSR count). The lowest BCUT2D eigenvalue weighted by Gasteiger charge is -2.44. The van der Waals surface area contributed by atoms with Gasteiger partial charge in [0.05, 0.1) is 0 Å². The Hall–Kier alpha value is -3.28. The molecule has 0 heterocycles. The fourth-order valence-corrected chi connectivity index (χ4v) is 5.08. The molecule has 1 amide bonds. The van der Waals surface area contributed by atoms with Crippen molar-refractivity contribution in [3.63, 3.8) is 0 Å². The molecular formula is C28H33NO5. The van der Waals surface area contributed by atoms with Crippen molar-refractivity contribution in [2.24, 2.45) is 0 Å². The highest BCUT2D eigenvalue weighted by Crippen LogP contribution is 2.48. The molecule has 0 saturated carbocycles. The van der Waals surface area contributed by atoms with Crippen molar-refractivity contribution >= 4 is 23.4 Å². The van der Waals surface area contributed by atoms with Crippen molar-refractivity contribution in [1.29, 1.82) is 0 Å². The van der Waals surface area contributed by atoms with Gasteiger partial charge in [-0.2, -0.15) is 0 Å². The van der Waals surface area contributed by atoms with E-state index in [0.717, 1.165) is 12.0 Å². The summed E-state index contributed by atoms with van der Waals surface area (Å²) in [5.74, 6) is -3.03. The fourth-order valence-electron chi connectivity index (χ4n) is 5.08. The van der Waals surface area contributed by atoms with E-state index in [4.69, 9.17) is 0 Å². The second-order valence-corrected chi connectivity index (χ2v) is 9.35. The first-order chi connectivity index (χ1) is 16.2. The lowest BCUT2D eigenvalue weighted by Crippen LogP contribution is -2.71. The normalized spacial score (nSPS) is 16.3. The van der Waals surface area contributed by atoms with E-state index in [2.05, 4.69) is 5.32 Å². The zero-order chi connectivity index (χ0) is 25.1. The number of fused-ring (bicyclic) bond motifs is 1. The number of carbonyl (C=O) groups excluding carboxylic acids is 3. The Labute approximate surface area is 200 Å². The maximum Gasteiger partial charge on any atom is 0.317 e. The van der Waals surface area contributed by atoms with Crippen LogP contribution in [0.5, 0.6) is 0 Å². The maximum atomic E-state index is 14.1. The summed E-state index contributed by atoms with van der Waals surface area (Å²) in [6.07, 6.45) is 1.81. The quantitative estimate of drug-likeness (QED) is 0.480. The van der Waals surface area contributed by atoms with Crippen molar-refractivity contribution in [3.8, 4) is 0 Å². The average Bonchev–Trinajstić information content (AvgIpc) is 3.03. The molecule has 2 N–H and O–H groups in total. The van der Waals surface area contributed by atoms with Crippen LogP contribution < -0.4 is 5.32 Å². The third kappa shape index (κ3) is 3.85. The summed E-state index contributed by atoms with van der Waals surface area (Å²) in [6.45, 7) is 7.73. The second kappa shape index (κ2) is 9.92. The minimum absolute atomic E-state index is 0.00338. The number of aliphatic carboxylic acids is 1. The summed E-state index contributed by atoms with van der Waals surface area (Å²) in [7, 11) is 0. The smallest absolute Gasteiger partial charge is 0.317 e. The summed E-state index contributed by atoms with van der Waals surface area (Å²) < 4.78 is 0. The van der Waals surface area contributed by atoms with Gasteiger partial charge in [-0.15, -0.1) is 0 Å². The van der Waals surface area contributed by atoms with Gasteiger partial charge in [-0.1, -0.05) is 89.1 Å². The number of ketones is 2. The van der Waals surface area contributed by atoms with Gasteiger partial charge in [-0.3, -0.25) is 19.2 Å².